The lowest BCUT2D eigenvalue weighted by molar-refractivity contribution is 0.197. The second-order valence-corrected chi connectivity index (χ2v) is 6.07. The molecule has 1 unspecified atom stereocenters. The van der Waals surface area contributed by atoms with Crippen molar-refractivity contribution in [2.75, 3.05) is 13.1 Å². The van der Waals surface area contributed by atoms with Gasteiger partial charge in [0.2, 0.25) is 0 Å². The van der Waals surface area contributed by atoms with Crippen LogP contribution in [0.1, 0.15) is 30.1 Å². The van der Waals surface area contributed by atoms with Crippen molar-refractivity contribution in [3.8, 4) is 0 Å². The number of likely N-dealkylation sites (tertiary alicyclic amines) is 1. The summed E-state index contributed by atoms with van der Waals surface area (Å²) < 4.78 is 0. The Morgan fingerprint density at radius 2 is 2.14 bits per heavy atom. The summed E-state index contributed by atoms with van der Waals surface area (Å²) >= 11 is 0. The molecule has 0 spiro atoms. The second kappa shape index (κ2) is 5.89. The fraction of sp³-hybridized carbons (Fsp3) is 0.333. The number of hydrogen-bond acceptors (Lipinski definition) is 3. The molecular formula is C18H20N4. The highest BCUT2D eigenvalue weighted by molar-refractivity contribution is 5.74. The van der Waals surface area contributed by atoms with Gasteiger partial charge in [-0.1, -0.05) is 18.2 Å². The van der Waals surface area contributed by atoms with Gasteiger partial charge in [-0.3, -0.25) is 9.88 Å². The first-order chi connectivity index (χ1) is 10.9. The Morgan fingerprint density at radius 1 is 1.18 bits per heavy atom. The first kappa shape index (κ1) is 13.5. The van der Waals surface area contributed by atoms with Gasteiger partial charge >= 0.3 is 0 Å². The van der Waals surface area contributed by atoms with E-state index < -0.39 is 0 Å². The lowest BCUT2D eigenvalue weighted by Crippen LogP contribution is -2.34. The highest BCUT2D eigenvalue weighted by Gasteiger charge is 2.23. The molecule has 1 aromatic carbocycles. The Kier molecular flexibility index (Phi) is 3.60. The van der Waals surface area contributed by atoms with Gasteiger partial charge in [-0.2, -0.15) is 0 Å². The number of nitrogens with one attached hydrogen (secondary N) is 1. The maximum atomic E-state index is 4.78. The SMILES string of the molecule is c1cncc(CN2CCCC(c3nc4ccccc4[nH]3)C2)c1. The summed E-state index contributed by atoms with van der Waals surface area (Å²) in [4.78, 5) is 15.0. The molecule has 1 aliphatic rings. The molecule has 4 rings (SSSR count). The molecule has 22 heavy (non-hydrogen) atoms. The Balaban J connectivity index is 1.50. The van der Waals surface area contributed by atoms with Gasteiger partial charge in [-0.05, 0) is 43.1 Å². The van der Waals surface area contributed by atoms with Crippen molar-refractivity contribution in [2.24, 2.45) is 0 Å². The average Bonchev–Trinajstić information content (AvgIpc) is 3.00. The molecule has 1 saturated heterocycles. The van der Waals surface area contributed by atoms with Crippen molar-refractivity contribution >= 4 is 11.0 Å². The lowest BCUT2D eigenvalue weighted by atomic mass is 9.97. The van der Waals surface area contributed by atoms with Crippen LogP contribution in [-0.2, 0) is 6.54 Å². The predicted octanol–water partition coefficient (Wildman–Crippen LogP) is 3.34. The molecule has 1 N–H and O–H groups in total. The molecule has 0 amide bonds. The summed E-state index contributed by atoms with van der Waals surface area (Å²) in [7, 11) is 0. The molecule has 1 aliphatic heterocycles. The van der Waals surface area contributed by atoms with Crippen molar-refractivity contribution in [3.05, 3.63) is 60.2 Å². The molecule has 0 saturated carbocycles. The molecule has 3 aromatic rings. The van der Waals surface area contributed by atoms with Gasteiger partial charge in [-0.15, -0.1) is 0 Å². The minimum atomic E-state index is 0.498. The number of fused-ring (bicyclic) bond motifs is 1. The van der Waals surface area contributed by atoms with Crippen LogP contribution >= 0.6 is 0 Å². The summed E-state index contributed by atoms with van der Waals surface area (Å²) in [6, 6.07) is 12.4. The van der Waals surface area contributed by atoms with E-state index in [1.54, 1.807) is 0 Å². The predicted molar refractivity (Wildman–Crippen MR) is 87.6 cm³/mol. The third kappa shape index (κ3) is 2.74. The smallest absolute Gasteiger partial charge is 0.111 e. The van der Waals surface area contributed by atoms with Gasteiger partial charge in [0.05, 0.1) is 11.0 Å². The number of piperidine rings is 1. The van der Waals surface area contributed by atoms with Gasteiger partial charge in [0.15, 0.2) is 0 Å². The number of aromatic amines is 1. The Bertz CT molecular complexity index is 717. The number of pyridine rings is 1. The zero-order chi connectivity index (χ0) is 14.8. The molecule has 2 aromatic heterocycles. The largest absolute Gasteiger partial charge is 0.342 e. The van der Waals surface area contributed by atoms with Crippen LogP contribution in [0.4, 0.5) is 0 Å². The first-order valence-corrected chi connectivity index (χ1v) is 7.94. The van der Waals surface area contributed by atoms with E-state index in [9.17, 15) is 0 Å². The van der Waals surface area contributed by atoms with E-state index >= 15 is 0 Å². The van der Waals surface area contributed by atoms with Crippen LogP contribution in [0.2, 0.25) is 0 Å². The van der Waals surface area contributed by atoms with Crippen LogP contribution in [-0.4, -0.2) is 32.9 Å². The number of rotatable bonds is 3. The molecule has 4 heteroatoms. The fourth-order valence-corrected chi connectivity index (χ4v) is 3.34. The van der Waals surface area contributed by atoms with Gasteiger partial charge < -0.3 is 4.98 Å². The number of aromatic nitrogens is 3. The molecule has 0 bridgehead atoms. The maximum Gasteiger partial charge on any atom is 0.111 e. The van der Waals surface area contributed by atoms with E-state index in [4.69, 9.17) is 4.98 Å². The Morgan fingerprint density at radius 3 is 3.00 bits per heavy atom. The van der Waals surface area contributed by atoms with Crippen molar-refractivity contribution in [2.45, 2.75) is 25.3 Å². The van der Waals surface area contributed by atoms with Crippen LogP contribution in [0.15, 0.2) is 48.8 Å². The third-order valence-corrected chi connectivity index (χ3v) is 4.43. The molecule has 112 valence electrons. The van der Waals surface area contributed by atoms with Gasteiger partial charge in [-0.25, -0.2) is 4.98 Å². The monoisotopic (exact) mass is 292 g/mol. The van der Waals surface area contributed by atoms with E-state index in [0.717, 1.165) is 36.5 Å². The minimum absolute atomic E-state index is 0.498. The van der Waals surface area contributed by atoms with Crippen LogP contribution in [0.3, 0.4) is 0 Å². The molecular weight excluding hydrogens is 272 g/mol. The van der Waals surface area contributed by atoms with E-state index in [2.05, 4.69) is 39.1 Å². The summed E-state index contributed by atoms with van der Waals surface area (Å²) in [6.45, 7) is 3.20. The zero-order valence-corrected chi connectivity index (χ0v) is 12.6. The highest BCUT2D eigenvalue weighted by atomic mass is 15.1. The highest BCUT2D eigenvalue weighted by Crippen LogP contribution is 2.27. The van der Waals surface area contributed by atoms with Crippen LogP contribution in [0.25, 0.3) is 11.0 Å². The summed E-state index contributed by atoms with van der Waals surface area (Å²) in [5.74, 6) is 1.63. The second-order valence-electron chi connectivity index (χ2n) is 6.07. The van der Waals surface area contributed by atoms with Crippen molar-refractivity contribution in [3.63, 3.8) is 0 Å². The number of imidazole rings is 1. The van der Waals surface area contributed by atoms with Gasteiger partial charge in [0, 0.05) is 31.4 Å². The molecule has 0 radical (unpaired) electrons. The standard InChI is InChI=1S/C18H20N4/c1-2-8-17-16(7-1)20-18(21-17)15-6-4-10-22(13-15)12-14-5-3-9-19-11-14/h1-3,5,7-9,11,15H,4,6,10,12-13H2,(H,20,21). The summed E-state index contributed by atoms with van der Waals surface area (Å²) in [6.07, 6.45) is 6.23. The zero-order valence-electron chi connectivity index (χ0n) is 12.6. The molecule has 4 nitrogen and oxygen atoms in total. The maximum absolute atomic E-state index is 4.78. The molecule has 1 atom stereocenters. The van der Waals surface area contributed by atoms with E-state index in [1.165, 1.54) is 18.4 Å². The van der Waals surface area contributed by atoms with Crippen LogP contribution in [0.5, 0.6) is 0 Å². The van der Waals surface area contributed by atoms with Gasteiger partial charge in [0.1, 0.15) is 5.82 Å². The molecule has 3 heterocycles. The normalized spacial score (nSPS) is 19.5. The average molecular weight is 292 g/mol. The van der Waals surface area contributed by atoms with E-state index in [0.29, 0.717) is 5.92 Å². The lowest BCUT2D eigenvalue weighted by Gasteiger charge is -2.31. The summed E-state index contributed by atoms with van der Waals surface area (Å²) in [5, 5.41) is 0. The number of nitrogens with zero attached hydrogens (tertiary/aromatic N) is 3. The minimum Gasteiger partial charge on any atom is -0.342 e. The molecule has 0 aliphatic carbocycles. The van der Waals surface area contributed by atoms with Crippen molar-refractivity contribution in [1.29, 1.82) is 0 Å². The fourth-order valence-electron chi connectivity index (χ4n) is 3.34. The first-order valence-electron chi connectivity index (χ1n) is 7.94. The number of H-pyrrole nitrogens is 1. The number of hydrogen-bond donors (Lipinski definition) is 1. The Labute approximate surface area is 130 Å². The van der Waals surface area contributed by atoms with E-state index in [1.807, 2.05) is 24.5 Å². The topological polar surface area (TPSA) is 44.8 Å². The third-order valence-electron chi connectivity index (χ3n) is 4.43. The van der Waals surface area contributed by atoms with Gasteiger partial charge in [0.25, 0.3) is 0 Å². The number of para-hydroxylation sites is 2. The summed E-state index contributed by atoms with van der Waals surface area (Å²) in [5.41, 5.74) is 3.50. The molecule has 1 fully saturated rings. The Hall–Kier alpha value is -2.20. The van der Waals surface area contributed by atoms with Crippen molar-refractivity contribution < 1.29 is 0 Å². The number of benzene rings is 1. The van der Waals surface area contributed by atoms with Crippen molar-refractivity contribution in [1.82, 2.24) is 19.9 Å². The van der Waals surface area contributed by atoms with Crippen LogP contribution < -0.4 is 0 Å². The van der Waals surface area contributed by atoms with E-state index in [-0.39, 0.29) is 0 Å². The quantitative estimate of drug-likeness (QED) is 0.805. The van der Waals surface area contributed by atoms with Crippen LogP contribution in [0, 0.1) is 0 Å².